The van der Waals surface area contributed by atoms with Gasteiger partial charge in [-0.05, 0) is 50.9 Å². The summed E-state index contributed by atoms with van der Waals surface area (Å²) in [5.41, 5.74) is 1.72. The molecule has 1 aliphatic rings. The van der Waals surface area contributed by atoms with Crippen LogP contribution in [0.25, 0.3) is 11.4 Å². The van der Waals surface area contributed by atoms with E-state index >= 15 is 0 Å². The van der Waals surface area contributed by atoms with Gasteiger partial charge in [0.2, 0.25) is 17.6 Å². The number of amides is 1. The Bertz CT molecular complexity index is 1040. The number of piperidine rings is 1. The smallest absolute Gasteiger partial charge is 0.237 e. The number of benzene rings is 2. The Balaban J connectivity index is 1.40. The molecular weight excluding hydrogens is 407 g/mol. The summed E-state index contributed by atoms with van der Waals surface area (Å²) in [5, 5.41) is 4.04. The molecule has 0 spiro atoms. The maximum atomic E-state index is 13.5. The topological polar surface area (TPSA) is 62.5 Å². The van der Waals surface area contributed by atoms with Crippen molar-refractivity contribution in [1.29, 1.82) is 0 Å². The van der Waals surface area contributed by atoms with Crippen LogP contribution in [-0.2, 0) is 11.3 Å². The predicted octanol–water partition coefficient (Wildman–Crippen LogP) is 4.49. The van der Waals surface area contributed by atoms with E-state index in [1.165, 1.54) is 12.1 Å². The predicted molar refractivity (Wildman–Crippen MR) is 120 cm³/mol. The number of carbonyl (C=O) groups is 1. The zero-order valence-electron chi connectivity index (χ0n) is 18.6. The van der Waals surface area contributed by atoms with Crippen molar-refractivity contribution in [2.75, 3.05) is 19.6 Å². The van der Waals surface area contributed by atoms with Crippen LogP contribution >= 0.6 is 0 Å². The van der Waals surface area contributed by atoms with Crippen molar-refractivity contribution in [3.8, 4) is 11.4 Å². The van der Waals surface area contributed by atoms with Crippen molar-refractivity contribution in [1.82, 2.24) is 19.9 Å². The molecule has 0 radical (unpaired) electrons. The minimum atomic E-state index is -0.332. The lowest BCUT2D eigenvalue weighted by molar-refractivity contribution is -0.135. The first-order chi connectivity index (χ1) is 15.5. The molecule has 3 aromatic rings. The summed E-state index contributed by atoms with van der Waals surface area (Å²) in [6, 6.07) is 16.4. The van der Waals surface area contributed by atoms with Crippen LogP contribution in [0.3, 0.4) is 0 Å². The Morgan fingerprint density at radius 3 is 2.78 bits per heavy atom. The van der Waals surface area contributed by atoms with Gasteiger partial charge in [-0.2, -0.15) is 4.98 Å². The number of likely N-dealkylation sites (tertiary alicyclic amines) is 1. The molecule has 6 nitrogen and oxygen atoms in total. The van der Waals surface area contributed by atoms with Gasteiger partial charge >= 0.3 is 0 Å². The van der Waals surface area contributed by atoms with Crippen LogP contribution < -0.4 is 0 Å². The molecule has 168 valence electrons. The molecule has 4 rings (SSSR count). The third-order valence-electron chi connectivity index (χ3n) is 5.88. The lowest BCUT2D eigenvalue weighted by atomic mass is 9.98. The van der Waals surface area contributed by atoms with E-state index in [2.05, 4.69) is 15.0 Å². The molecule has 0 aliphatic carbocycles. The molecule has 1 saturated heterocycles. The first-order valence-electron chi connectivity index (χ1n) is 11.1. The lowest BCUT2D eigenvalue weighted by Gasteiger charge is -2.34. The fourth-order valence-corrected chi connectivity index (χ4v) is 4.17. The molecule has 32 heavy (non-hydrogen) atoms. The van der Waals surface area contributed by atoms with Crippen molar-refractivity contribution in [2.24, 2.45) is 0 Å². The molecular formula is C25H29FN4O2. The van der Waals surface area contributed by atoms with E-state index in [1.807, 2.05) is 49.1 Å². The Kier molecular flexibility index (Phi) is 6.95. The van der Waals surface area contributed by atoms with Crippen LogP contribution in [0.15, 0.2) is 59.1 Å². The van der Waals surface area contributed by atoms with Gasteiger partial charge < -0.3 is 9.42 Å². The van der Waals surface area contributed by atoms with Crippen LogP contribution in [0, 0.1) is 5.82 Å². The highest BCUT2D eigenvalue weighted by Gasteiger charge is 2.29. The average molecular weight is 437 g/mol. The number of aromatic nitrogens is 2. The monoisotopic (exact) mass is 436 g/mol. The first kappa shape index (κ1) is 22.1. The maximum absolute atomic E-state index is 13.5. The standard InChI is InChI=1S/C25H29FN4O2/c1-18(2)30(15-19-8-4-3-5-9-19)23(31)17-29-13-7-11-21(16-29)25-27-24(28-32-25)20-10-6-12-22(26)14-20/h3-6,8-10,12,14,18,21H,7,11,13,15-17H2,1-2H3. The molecule has 1 atom stereocenters. The summed E-state index contributed by atoms with van der Waals surface area (Å²) in [7, 11) is 0. The van der Waals surface area contributed by atoms with Crippen molar-refractivity contribution in [2.45, 2.75) is 45.2 Å². The fourth-order valence-electron chi connectivity index (χ4n) is 4.17. The molecule has 1 amide bonds. The molecule has 1 aliphatic heterocycles. The molecule has 2 aromatic carbocycles. The third kappa shape index (κ3) is 5.40. The van der Waals surface area contributed by atoms with E-state index in [-0.39, 0.29) is 23.7 Å². The summed E-state index contributed by atoms with van der Waals surface area (Å²) in [6.07, 6.45) is 1.88. The molecule has 7 heteroatoms. The Morgan fingerprint density at radius 1 is 1.22 bits per heavy atom. The summed E-state index contributed by atoms with van der Waals surface area (Å²) in [4.78, 5) is 21.7. The minimum Gasteiger partial charge on any atom is -0.339 e. The van der Waals surface area contributed by atoms with Crippen molar-refractivity contribution in [3.05, 3.63) is 71.9 Å². The molecule has 1 fully saturated rings. The summed E-state index contributed by atoms with van der Waals surface area (Å²) < 4.78 is 19.0. The minimum absolute atomic E-state index is 0.0629. The van der Waals surface area contributed by atoms with Crippen LogP contribution in [0.5, 0.6) is 0 Å². The van der Waals surface area contributed by atoms with E-state index in [0.717, 1.165) is 24.9 Å². The van der Waals surface area contributed by atoms with Crippen molar-refractivity contribution in [3.63, 3.8) is 0 Å². The van der Waals surface area contributed by atoms with Crippen LogP contribution in [-0.4, -0.2) is 51.5 Å². The number of hydrogen-bond acceptors (Lipinski definition) is 5. The van der Waals surface area contributed by atoms with Crippen molar-refractivity contribution >= 4 is 5.91 Å². The number of rotatable bonds is 7. The third-order valence-corrected chi connectivity index (χ3v) is 5.88. The van der Waals surface area contributed by atoms with Gasteiger partial charge in [-0.1, -0.05) is 47.6 Å². The van der Waals surface area contributed by atoms with E-state index in [4.69, 9.17) is 4.52 Å². The fraction of sp³-hybridized carbons (Fsp3) is 0.400. The van der Waals surface area contributed by atoms with Gasteiger partial charge in [0.05, 0.1) is 12.5 Å². The lowest BCUT2D eigenvalue weighted by Crippen LogP contribution is -2.45. The van der Waals surface area contributed by atoms with Gasteiger partial charge in [0.15, 0.2) is 0 Å². The molecule has 2 heterocycles. The van der Waals surface area contributed by atoms with Gasteiger partial charge in [-0.15, -0.1) is 0 Å². The van der Waals surface area contributed by atoms with Gasteiger partial charge in [-0.3, -0.25) is 9.69 Å². The zero-order valence-corrected chi connectivity index (χ0v) is 18.6. The molecule has 1 aromatic heterocycles. The number of halogens is 1. The van der Waals surface area contributed by atoms with E-state index in [0.29, 0.717) is 36.9 Å². The van der Waals surface area contributed by atoms with Gasteiger partial charge in [-0.25, -0.2) is 4.39 Å². The Labute approximate surface area is 188 Å². The number of hydrogen-bond donors (Lipinski definition) is 0. The zero-order chi connectivity index (χ0) is 22.5. The van der Waals surface area contributed by atoms with Crippen LogP contribution in [0.1, 0.15) is 44.1 Å². The van der Waals surface area contributed by atoms with Crippen LogP contribution in [0.4, 0.5) is 4.39 Å². The maximum Gasteiger partial charge on any atom is 0.237 e. The summed E-state index contributed by atoms with van der Waals surface area (Å²) in [5.74, 6) is 0.790. The van der Waals surface area contributed by atoms with E-state index in [9.17, 15) is 9.18 Å². The highest BCUT2D eigenvalue weighted by Crippen LogP contribution is 2.28. The molecule has 1 unspecified atom stereocenters. The van der Waals surface area contributed by atoms with Gasteiger partial charge in [0.25, 0.3) is 0 Å². The molecule has 0 bridgehead atoms. The average Bonchev–Trinajstić information content (AvgIpc) is 3.29. The van der Waals surface area contributed by atoms with E-state index < -0.39 is 0 Å². The second-order valence-electron chi connectivity index (χ2n) is 8.64. The molecule has 0 saturated carbocycles. The normalized spacial score (nSPS) is 16.9. The van der Waals surface area contributed by atoms with E-state index in [1.54, 1.807) is 12.1 Å². The number of nitrogens with zero attached hydrogens (tertiary/aromatic N) is 4. The van der Waals surface area contributed by atoms with Gasteiger partial charge in [0, 0.05) is 24.7 Å². The second kappa shape index (κ2) is 10.0. The SMILES string of the molecule is CC(C)N(Cc1ccccc1)C(=O)CN1CCCC(c2nc(-c3cccc(F)c3)no2)C1. The Morgan fingerprint density at radius 2 is 2.03 bits per heavy atom. The highest BCUT2D eigenvalue weighted by molar-refractivity contribution is 5.78. The summed E-state index contributed by atoms with van der Waals surface area (Å²) >= 11 is 0. The Hall–Kier alpha value is -3.06. The quantitative estimate of drug-likeness (QED) is 0.546. The first-order valence-corrected chi connectivity index (χ1v) is 11.1. The van der Waals surface area contributed by atoms with Crippen molar-refractivity contribution < 1.29 is 13.7 Å². The van der Waals surface area contributed by atoms with Gasteiger partial charge in [0.1, 0.15) is 5.82 Å². The largest absolute Gasteiger partial charge is 0.339 e. The van der Waals surface area contributed by atoms with Crippen LogP contribution in [0.2, 0.25) is 0 Å². The molecule has 0 N–H and O–H groups in total. The second-order valence-corrected chi connectivity index (χ2v) is 8.64. The number of carbonyl (C=O) groups excluding carboxylic acids is 1. The highest BCUT2D eigenvalue weighted by atomic mass is 19.1. The summed E-state index contributed by atoms with van der Waals surface area (Å²) in [6.45, 7) is 6.62.